The number of carbonyl (C=O) groups is 2. The zero-order valence-electron chi connectivity index (χ0n) is 14.9. The molecule has 2 amide bonds. The molecule has 1 atom stereocenters. The highest BCUT2D eigenvalue weighted by atomic mass is 16.5. The first kappa shape index (κ1) is 19.1. The molecule has 0 spiro atoms. The molecule has 0 aliphatic carbocycles. The minimum atomic E-state index is -1.14. The predicted molar refractivity (Wildman–Crippen MR) is 96.7 cm³/mol. The molecule has 7 nitrogen and oxygen atoms in total. The lowest BCUT2D eigenvalue weighted by Crippen LogP contribution is -2.29. The molecule has 0 fully saturated rings. The van der Waals surface area contributed by atoms with E-state index in [4.69, 9.17) is 14.6 Å². The third kappa shape index (κ3) is 4.66. The standard InChI is InChI=1S/C19H22N2O5/c1-12(13-8-9-16(25-2)17(10-13)26-3)21-18(22)15-7-5-4-6-14(15)11-20-19(23)24/h4-10,12,20H,11H2,1-3H3,(H,21,22)(H,23,24). The van der Waals surface area contributed by atoms with Gasteiger partial charge in [-0.3, -0.25) is 4.79 Å². The molecule has 0 aromatic heterocycles. The van der Waals surface area contributed by atoms with E-state index in [0.29, 0.717) is 22.6 Å². The van der Waals surface area contributed by atoms with Crippen LogP contribution in [0.25, 0.3) is 0 Å². The number of hydrogen-bond donors (Lipinski definition) is 3. The van der Waals surface area contributed by atoms with Crippen molar-refractivity contribution in [2.24, 2.45) is 0 Å². The predicted octanol–water partition coefficient (Wildman–Crippen LogP) is 2.96. The summed E-state index contributed by atoms with van der Waals surface area (Å²) in [5, 5.41) is 14.0. The number of rotatable bonds is 7. The van der Waals surface area contributed by atoms with Crippen molar-refractivity contribution in [3.63, 3.8) is 0 Å². The SMILES string of the molecule is COc1ccc(C(C)NC(=O)c2ccccc2CNC(=O)O)cc1OC. The van der Waals surface area contributed by atoms with Crippen LogP contribution >= 0.6 is 0 Å². The average Bonchev–Trinajstić information content (AvgIpc) is 2.65. The van der Waals surface area contributed by atoms with Gasteiger partial charge < -0.3 is 25.2 Å². The monoisotopic (exact) mass is 358 g/mol. The molecule has 0 aliphatic heterocycles. The van der Waals surface area contributed by atoms with Gasteiger partial charge in [-0.25, -0.2) is 4.79 Å². The molecular formula is C19H22N2O5. The van der Waals surface area contributed by atoms with E-state index in [1.165, 1.54) is 0 Å². The van der Waals surface area contributed by atoms with E-state index < -0.39 is 6.09 Å². The lowest BCUT2D eigenvalue weighted by molar-refractivity contribution is 0.0938. The van der Waals surface area contributed by atoms with Crippen molar-refractivity contribution in [3.05, 3.63) is 59.2 Å². The van der Waals surface area contributed by atoms with E-state index >= 15 is 0 Å². The van der Waals surface area contributed by atoms with Crippen molar-refractivity contribution in [2.75, 3.05) is 14.2 Å². The molecule has 0 saturated heterocycles. The number of nitrogens with one attached hydrogen (secondary N) is 2. The smallest absolute Gasteiger partial charge is 0.404 e. The number of carboxylic acid groups (broad SMARTS) is 1. The van der Waals surface area contributed by atoms with Gasteiger partial charge in [0.1, 0.15) is 0 Å². The second-order valence-electron chi connectivity index (χ2n) is 5.63. The van der Waals surface area contributed by atoms with E-state index in [-0.39, 0.29) is 18.5 Å². The van der Waals surface area contributed by atoms with Gasteiger partial charge >= 0.3 is 6.09 Å². The third-order valence-electron chi connectivity index (χ3n) is 3.95. The first-order valence-electron chi connectivity index (χ1n) is 8.03. The summed E-state index contributed by atoms with van der Waals surface area (Å²) in [4.78, 5) is 23.3. The maximum atomic E-state index is 12.6. The third-order valence-corrected chi connectivity index (χ3v) is 3.95. The van der Waals surface area contributed by atoms with Crippen molar-refractivity contribution in [2.45, 2.75) is 19.5 Å². The summed E-state index contributed by atoms with van der Waals surface area (Å²) in [5.74, 6) is 0.909. The van der Waals surface area contributed by atoms with Crippen molar-refractivity contribution in [3.8, 4) is 11.5 Å². The van der Waals surface area contributed by atoms with Crippen LogP contribution in [0.4, 0.5) is 4.79 Å². The molecule has 0 bridgehead atoms. The van der Waals surface area contributed by atoms with Crippen LogP contribution in [0, 0.1) is 0 Å². The fourth-order valence-electron chi connectivity index (χ4n) is 2.55. The van der Waals surface area contributed by atoms with E-state index in [9.17, 15) is 9.59 Å². The zero-order chi connectivity index (χ0) is 19.1. The Morgan fingerprint density at radius 2 is 1.77 bits per heavy atom. The number of hydrogen-bond acceptors (Lipinski definition) is 4. The van der Waals surface area contributed by atoms with E-state index in [0.717, 1.165) is 5.56 Å². The quantitative estimate of drug-likeness (QED) is 0.707. The molecule has 2 rings (SSSR count). The Hall–Kier alpha value is -3.22. The van der Waals surface area contributed by atoms with Crippen LogP contribution in [0.2, 0.25) is 0 Å². The largest absolute Gasteiger partial charge is 0.493 e. The highest BCUT2D eigenvalue weighted by molar-refractivity contribution is 5.96. The van der Waals surface area contributed by atoms with Gasteiger partial charge in [-0.1, -0.05) is 24.3 Å². The molecule has 0 heterocycles. The Bertz CT molecular complexity index is 791. The fraction of sp³-hybridized carbons (Fsp3) is 0.263. The van der Waals surface area contributed by atoms with Crippen LogP contribution in [-0.2, 0) is 6.54 Å². The summed E-state index contributed by atoms with van der Waals surface area (Å²) < 4.78 is 10.5. The van der Waals surface area contributed by atoms with Crippen LogP contribution in [0.5, 0.6) is 11.5 Å². The van der Waals surface area contributed by atoms with Gasteiger partial charge in [0.15, 0.2) is 11.5 Å². The Morgan fingerprint density at radius 3 is 2.42 bits per heavy atom. The summed E-state index contributed by atoms with van der Waals surface area (Å²) in [5.41, 5.74) is 1.89. The fourth-order valence-corrected chi connectivity index (χ4v) is 2.55. The van der Waals surface area contributed by atoms with Gasteiger partial charge in [-0.05, 0) is 36.2 Å². The average molecular weight is 358 g/mol. The highest BCUT2D eigenvalue weighted by Crippen LogP contribution is 2.30. The lowest BCUT2D eigenvalue weighted by atomic mass is 10.0. The van der Waals surface area contributed by atoms with Crippen molar-refractivity contribution in [1.82, 2.24) is 10.6 Å². The molecule has 0 aliphatic rings. The summed E-state index contributed by atoms with van der Waals surface area (Å²) >= 11 is 0. The number of carbonyl (C=O) groups excluding carboxylic acids is 1. The highest BCUT2D eigenvalue weighted by Gasteiger charge is 2.16. The molecule has 3 N–H and O–H groups in total. The first-order chi connectivity index (χ1) is 12.5. The first-order valence-corrected chi connectivity index (χ1v) is 8.03. The Morgan fingerprint density at radius 1 is 1.08 bits per heavy atom. The summed E-state index contributed by atoms with van der Waals surface area (Å²) in [6.07, 6.45) is -1.14. The molecule has 0 radical (unpaired) electrons. The van der Waals surface area contributed by atoms with Crippen LogP contribution in [0.15, 0.2) is 42.5 Å². The van der Waals surface area contributed by atoms with Gasteiger partial charge in [-0.15, -0.1) is 0 Å². The number of ether oxygens (including phenoxy) is 2. The second kappa shape index (κ2) is 8.75. The van der Waals surface area contributed by atoms with Gasteiger partial charge in [0.05, 0.1) is 20.3 Å². The number of amides is 2. The van der Waals surface area contributed by atoms with Crippen LogP contribution in [-0.4, -0.2) is 31.3 Å². The minimum absolute atomic E-state index is 0.0592. The normalized spacial score (nSPS) is 11.3. The topological polar surface area (TPSA) is 96.9 Å². The van der Waals surface area contributed by atoms with E-state index in [1.807, 2.05) is 19.1 Å². The zero-order valence-corrected chi connectivity index (χ0v) is 14.9. The summed E-state index contributed by atoms with van der Waals surface area (Å²) in [6, 6.07) is 12.0. The lowest BCUT2D eigenvalue weighted by Gasteiger charge is -2.17. The molecule has 1 unspecified atom stereocenters. The van der Waals surface area contributed by atoms with Gasteiger partial charge in [0.2, 0.25) is 0 Å². The Kier molecular flexibility index (Phi) is 6.43. The van der Waals surface area contributed by atoms with E-state index in [1.54, 1.807) is 44.6 Å². The van der Waals surface area contributed by atoms with Gasteiger partial charge in [0.25, 0.3) is 5.91 Å². The summed E-state index contributed by atoms with van der Waals surface area (Å²) in [7, 11) is 3.11. The number of methoxy groups -OCH3 is 2. The molecule has 0 saturated carbocycles. The molecule has 2 aromatic rings. The van der Waals surface area contributed by atoms with E-state index in [2.05, 4.69) is 10.6 Å². The van der Waals surface area contributed by atoms with Gasteiger partial charge in [0, 0.05) is 12.1 Å². The number of benzene rings is 2. The second-order valence-corrected chi connectivity index (χ2v) is 5.63. The van der Waals surface area contributed by atoms with Crippen molar-refractivity contribution < 1.29 is 24.2 Å². The molecule has 138 valence electrons. The Labute approximate surface area is 151 Å². The molecular weight excluding hydrogens is 336 g/mol. The van der Waals surface area contributed by atoms with Crippen molar-refractivity contribution in [1.29, 1.82) is 0 Å². The minimum Gasteiger partial charge on any atom is -0.493 e. The maximum Gasteiger partial charge on any atom is 0.404 e. The maximum absolute atomic E-state index is 12.6. The molecule has 7 heteroatoms. The Balaban J connectivity index is 2.16. The molecule has 2 aromatic carbocycles. The van der Waals surface area contributed by atoms with Crippen molar-refractivity contribution >= 4 is 12.0 Å². The summed E-state index contributed by atoms with van der Waals surface area (Å²) in [6.45, 7) is 1.92. The van der Waals surface area contributed by atoms with Crippen LogP contribution in [0.1, 0.15) is 34.5 Å². The van der Waals surface area contributed by atoms with Crippen LogP contribution in [0.3, 0.4) is 0 Å². The van der Waals surface area contributed by atoms with Crippen LogP contribution < -0.4 is 20.1 Å². The van der Waals surface area contributed by atoms with Gasteiger partial charge in [-0.2, -0.15) is 0 Å². The molecule has 26 heavy (non-hydrogen) atoms.